The van der Waals surface area contributed by atoms with Crippen molar-refractivity contribution >= 4 is 45.7 Å². The van der Waals surface area contributed by atoms with Crippen LogP contribution in [0.1, 0.15) is 28.6 Å². The molecule has 0 spiro atoms. The van der Waals surface area contributed by atoms with Gasteiger partial charge in [0.1, 0.15) is 27.5 Å². The second-order valence-corrected chi connectivity index (χ2v) is 8.34. The van der Waals surface area contributed by atoms with Crippen molar-refractivity contribution < 1.29 is 14.1 Å². The molecule has 1 aromatic carbocycles. The van der Waals surface area contributed by atoms with E-state index in [0.29, 0.717) is 27.0 Å². The molecular formula is C19H14N4O4S2. The lowest BCUT2D eigenvalue weighted by Crippen LogP contribution is -2.11. The van der Waals surface area contributed by atoms with Crippen molar-refractivity contribution in [2.45, 2.75) is 19.3 Å². The fraction of sp³-hybridized carbons (Fsp3) is 0.158. The molecule has 3 aromatic rings. The molecule has 0 amide bonds. The number of nitrogens with zero attached hydrogens (tertiary/aromatic N) is 3. The molecule has 1 atom stereocenters. The van der Waals surface area contributed by atoms with Crippen LogP contribution in [0.2, 0.25) is 0 Å². The van der Waals surface area contributed by atoms with Crippen molar-refractivity contribution in [2.24, 2.45) is 0 Å². The average molecular weight is 426 g/mol. The Morgan fingerprint density at radius 1 is 1.24 bits per heavy atom. The number of thioether (sulfide) groups is 1. The van der Waals surface area contributed by atoms with Crippen LogP contribution in [0.25, 0.3) is 17.4 Å². The van der Waals surface area contributed by atoms with E-state index in [1.807, 2.05) is 6.92 Å². The summed E-state index contributed by atoms with van der Waals surface area (Å²) in [6.07, 6.45) is 2.35. The number of allylic oxidation sites excluding steroid dienone is 1. The van der Waals surface area contributed by atoms with Crippen LogP contribution >= 0.6 is 23.1 Å². The molecule has 3 heterocycles. The molecule has 0 radical (unpaired) electrons. The molecule has 1 saturated heterocycles. The molecule has 0 saturated carbocycles. The van der Waals surface area contributed by atoms with E-state index in [2.05, 4.69) is 10.2 Å². The highest BCUT2D eigenvalue weighted by molar-refractivity contribution is 8.19. The molecule has 8 nitrogen and oxygen atoms in total. The Labute approximate surface area is 173 Å². The molecule has 0 bridgehead atoms. The van der Waals surface area contributed by atoms with Crippen molar-refractivity contribution in [3.05, 3.63) is 67.2 Å². The molecule has 1 fully saturated rings. The highest BCUT2D eigenvalue weighted by atomic mass is 32.2. The molecular weight excluding hydrogens is 412 g/mol. The fourth-order valence-corrected chi connectivity index (χ4v) is 4.74. The third-order valence-corrected chi connectivity index (χ3v) is 6.41. The van der Waals surface area contributed by atoms with Gasteiger partial charge >= 0.3 is 0 Å². The Hall–Kier alpha value is -3.11. The highest BCUT2D eigenvalue weighted by Gasteiger charge is 2.39. The lowest BCUT2D eigenvalue weighted by molar-refractivity contribution is -0.384. The summed E-state index contributed by atoms with van der Waals surface area (Å²) in [5.41, 5.74) is 0.695. The van der Waals surface area contributed by atoms with Gasteiger partial charge in [-0.05, 0) is 36.8 Å². The molecule has 0 unspecified atom stereocenters. The van der Waals surface area contributed by atoms with Gasteiger partial charge in [-0.25, -0.2) is 0 Å². The zero-order valence-corrected chi connectivity index (χ0v) is 16.8. The third-order valence-electron chi connectivity index (χ3n) is 4.28. The lowest BCUT2D eigenvalue weighted by Gasteiger charge is -2.00. The van der Waals surface area contributed by atoms with Crippen LogP contribution in [0, 0.1) is 15.5 Å². The van der Waals surface area contributed by atoms with Crippen molar-refractivity contribution in [3.63, 3.8) is 0 Å². The molecule has 1 aliphatic rings. The van der Waals surface area contributed by atoms with Crippen LogP contribution in [0.5, 0.6) is 0 Å². The van der Waals surface area contributed by atoms with Gasteiger partial charge in [-0.1, -0.05) is 18.7 Å². The number of nitrogens with one attached hydrogen (secondary N) is 1. The van der Waals surface area contributed by atoms with Gasteiger partial charge in [0.05, 0.1) is 14.9 Å². The maximum absolute atomic E-state index is 12.8. The van der Waals surface area contributed by atoms with Crippen LogP contribution in [0.3, 0.4) is 0 Å². The first-order chi connectivity index (χ1) is 14.0. The highest BCUT2D eigenvalue weighted by Crippen LogP contribution is 2.41. The van der Waals surface area contributed by atoms with Crippen LogP contribution < -0.4 is 0 Å². The van der Waals surface area contributed by atoms with Gasteiger partial charge in [0, 0.05) is 17.7 Å². The standard InChI is InChI=1S/C19H14N4O4S2/c1-2-15-21-22-19(29-15)16-17(24)14(28-18(16)20)9-12-7-8-13(27-12)10-3-5-11(6-4-10)23(25)26/h3-9,16,20H,2H2,1H3/b14-9-,20-18?/t16-/m1/s1. The molecule has 1 N–H and O–H groups in total. The third kappa shape index (κ3) is 3.76. The summed E-state index contributed by atoms with van der Waals surface area (Å²) in [5.74, 6) is 0.111. The van der Waals surface area contributed by atoms with Crippen LogP contribution in [-0.4, -0.2) is 25.9 Å². The van der Waals surface area contributed by atoms with Gasteiger partial charge in [0.15, 0.2) is 5.78 Å². The van der Waals surface area contributed by atoms with E-state index in [0.717, 1.165) is 23.2 Å². The second kappa shape index (κ2) is 7.72. The SMILES string of the molecule is CCc1nnc([C@H]2C(=N)S/C(=C\c3ccc(-c4ccc([N+](=O)[O-])cc4)o3)C2=O)s1. The molecule has 0 aliphatic carbocycles. The Morgan fingerprint density at radius 2 is 2.00 bits per heavy atom. The monoisotopic (exact) mass is 426 g/mol. The number of non-ortho nitro benzene ring substituents is 1. The molecule has 146 valence electrons. The van der Waals surface area contributed by atoms with E-state index in [1.54, 1.807) is 30.3 Å². The van der Waals surface area contributed by atoms with Gasteiger partial charge < -0.3 is 4.42 Å². The van der Waals surface area contributed by atoms with Crippen molar-refractivity contribution in [1.82, 2.24) is 10.2 Å². The number of benzene rings is 1. The number of ketones is 1. The van der Waals surface area contributed by atoms with E-state index in [-0.39, 0.29) is 16.5 Å². The summed E-state index contributed by atoms with van der Waals surface area (Å²) in [4.78, 5) is 23.5. The van der Waals surface area contributed by atoms with E-state index >= 15 is 0 Å². The predicted molar refractivity (Wildman–Crippen MR) is 111 cm³/mol. The predicted octanol–water partition coefficient (Wildman–Crippen LogP) is 4.69. The summed E-state index contributed by atoms with van der Waals surface area (Å²) >= 11 is 2.45. The zero-order chi connectivity index (χ0) is 20.5. The zero-order valence-electron chi connectivity index (χ0n) is 15.1. The number of Topliss-reactive ketones (excluding diaryl/α,β-unsaturated/α-hetero) is 1. The molecule has 1 aliphatic heterocycles. The number of aromatic nitrogens is 2. The number of nitro groups is 1. The van der Waals surface area contributed by atoms with Crippen molar-refractivity contribution in [2.75, 3.05) is 0 Å². The minimum atomic E-state index is -0.701. The molecule has 10 heteroatoms. The Kier molecular flexibility index (Phi) is 5.12. The molecule has 2 aromatic heterocycles. The summed E-state index contributed by atoms with van der Waals surface area (Å²) in [6, 6.07) is 9.48. The minimum absolute atomic E-state index is 0.00283. The van der Waals surface area contributed by atoms with E-state index in [1.165, 1.54) is 23.5 Å². The quantitative estimate of drug-likeness (QED) is 0.357. The second-order valence-electron chi connectivity index (χ2n) is 6.17. The average Bonchev–Trinajstić information content (AvgIpc) is 3.42. The number of carbonyl (C=O) groups excluding carboxylic acids is 1. The van der Waals surface area contributed by atoms with E-state index < -0.39 is 10.8 Å². The Balaban J connectivity index is 1.56. The minimum Gasteiger partial charge on any atom is -0.457 e. The first kappa shape index (κ1) is 19.2. The van der Waals surface area contributed by atoms with Gasteiger partial charge in [0.2, 0.25) is 0 Å². The van der Waals surface area contributed by atoms with Crippen molar-refractivity contribution in [3.8, 4) is 11.3 Å². The number of carbonyl (C=O) groups is 1. The number of hydrogen-bond acceptors (Lipinski definition) is 9. The fourth-order valence-electron chi connectivity index (χ4n) is 2.80. The topological polar surface area (TPSA) is 123 Å². The number of nitro benzene ring substituents is 1. The lowest BCUT2D eigenvalue weighted by atomic mass is 10.1. The molecule has 29 heavy (non-hydrogen) atoms. The first-order valence-corrected chi connectivity index (χ1v) is 10.3. The summed E-state index contributed by atoms with van der Waals surface area (Å²) < 4.78 is 5.77. The van der Waals surface area contributed by atoms with Crippen molar-refractivity contribution in [1.29, 1.82) is 5.41 Å². The largest absolute Gasteiger partial charge is 0.457 e. The normalized spacial score (nSPS) is 18.0. The van der Waals surface area contributed by atoms with E-state index in [4.69, 9.17) is 9.83 Å². The Morgan fingerprint density at radius 3 is 2.66 bits per heavy atom. The molecule has 4 rings (SSSR count). The van der Waals surface area contributed by atoms with Gasteiger partial charge in [-0.15, -0.1) is 21.5 Å². The number of hydrogen-bond donors (Lipinski definition) is 1. The summed E-state index contributed by atoms with van der Waals surface area (Å²) in [5, 5.41) is 28.7. The Bertz CT molecular complexity index is 1150. The summed E-state index contributed by atoms with van der Waals surface area (Å²) in [7, 11) is 0. The van der Waals surface area contributed by atoms with Crippen LogP contribution in [0.15, 0.2) is 45.7 Å². The maximum atomic E-state index is 12.8. The van der Waals surface area contributed by atoms with Gasteiger partial charge in [-0.2, -0.15) is 0 Å². The van der Waals surface area contributed by atoms with E-state index in [9.17, 15) is 14.9 Å². The van der Waals surface area contributed by atoms with Gasteiger partial charge in [-0.3, -0.25) is 20.3 Å². The maximum Gasteiger partial charge on any atom is 0.269 e. The number of rotatable bonds is 5. The number of furan rings is 1. The van der Waals surface area contributed by atoms with Gasteiger partial charge in [0.25, 0.3) is 5.69 Å². The van der Waals surface area contributed by atoms with Crippen LogP contribution in [0.4, 0.5) is 5.69 Å². The van der Waals surface area contributed by atoms with Crippen LogP contribution in [-0.2, 0) is 11.2 Å². The first-order valence-electron chi connectivity index (χ1n) is 8.65. The smallest absolute Gasteiger partial charge is 0.269 e. The number of aryl methyl sites for hydroxylation is 1. The summed E-state index contributed by atoms with van der Waals surface area (Å²) in [6.45, 7) is 1.96.